The van der Waals surface area contributed by atoms with E-state index in [2.05, 4.69) is 40.1 Å². The minimum atomic E-state index is 0.177. The van der Waals surface area contributed by atoms with Crippen molar-refractivity contribution in [3.05, 3.63) is 35.9 Å². The maximum Gasteiger partial charge on any atom is 0.223 e. The van der Waals surface area contributed by atoms with Crippen LogP contribution in [0.15, 0.2) is 30.3 Å². The second-order valence-electron chi connectivity index (χ2n) is 9.16. The van der Waals surface area contributed by atoms with E-state index in [0.29, 0.717) is 5.91 Å². The number of likely N-dealkylation sites (tertiary alicyclic amines) is 2. The number of hydrogen-bond acceptors (Lipinski definition) is 2. The first-order valence-corrected chi connectivity index (χ1v) is 11.3. The van der Waals surface area contributed by atoms with Crippen molar-refractivity contribution in [2.45, 2.75) is 76.2 Å². The van der Waals surface area contributed by atoms with Crippen LogP contribution in [0.25, 0.3) is 0 Å². The average molecular weight is 369 g/mol. The lowest BCUT2D eigenvalue weighted by Crippen LogP contribution is -2.48. The van der Waals surface area contributed by atoms with Gasteiger partial charge in [-0.3, -0.25) is 4.79 Å². The largest absolute Gasteiger partial charge is 0.337 e. The molecule has 0 N–H and O–H groups in total. The van der Waals surface area contributed by atoms with Crippen LogP contribution in [0.3, 0.4) is 0 Å². The molecule has 1 spiro atoms. The molecule has 0 radical (unpaired) electrons. The van der Waals surface area contributed by atoms with Crippen LogP contribution >= 0.6 is 0 Å². The molecule has 27 heavy (non-hydrogen) atoms. The Balaban J connectivity index is 1.35. The van der Waals surface area contributed by atoms with Gasteiger partial charge < -0.3 is 9.80 Å². The van der Waals surface area contributed by atoms with Crippen LogP contribution in [0.1, 0.15) is 69.8 Å². The van der Waals surface area contributed by atoms with Crippen LogP contribution in [0, 0.1) is 5.92 Å². The number of amides is 1. The van der Waals surface area contributed by atoms with E-state index in [1.54, 1.807) is 0 Å². The van der Waals surface area contributed by atoms with Gasteiger partial charge in [0.25, 0.3) is 0 Å². The Kier molecular flexibility index (Phi) is 6.17. The number of hydrogen-bond donors (Lipinski definition) is 0. The number of carbonyl (C=O) groups is 1. The van der Waals surface area contributed by atoms with Crippen molar-refractivity contribution < 1.29 is 4.79 Å². The molecule has 2 heterocycles. The van der Waals surface area contributed by atoms with E-state index < -0.39 is 0 Å². The van der Waals surface area contributed by atoms with Gasteiger partial charge in [0, 0.05) is 31.6 Å². The number of benzene rings is 1. The fraction of sp³-hybridized carbons (Fsp3) is 0.708. The van der Waals surface area contributed by atoms with Gasteiger partial charge in [0.2, 0.25) is 5.91 Å². The smallest absolute Gasteiger partial charge is 0.223 e. The topological polar surface area (TPSA) is 23.6 Å². The predicted octanol–water partition coefficient (Wildman–Crippen LogP) is 4.66. The van der Waals surface area contributed by atoms with Crippen LogP contribution in [0.4, 0.5) is 0 Å². The number of nitrogens with zero attached hydrogens (tertiary/aromatic N) is 2. The molecule has 1 unspecified atom stereocenters. The van der Waals surface area contributed by atoms with Crippen molar-refractivity contribution in [3.8, 4) is 0 Å². The first-order chi connectivity index (χ1) is 13.3. The molecule has 0 aromatic heterocycles. The molecule has 3 aliphatic rings. The molecule has 3 fully saturated rings. The van der Waals surface area contributed by atoms with E-state index in [0.717, 1.165) is 44.8 Å². The van der Waals surface area contributed by atoms with Gasteiger partial charge >= 0.3 is 0 Å². The minimum absolute atomic E-state index is 0.177. The summed E-state index contributed by atoms with van der Waals surface area (Å²) in [5, 5.41) is 0. The highest BCUT2D eigenvalue weighted by atomic mass is 16.2. The van der Waals surface area contributed by atoms with E-state index in [9.17, 15) is 4.79 Å². The van der Waals surface area contributed by atoms with E-state index in [4.69, 9.17) is 0 Å². The minimum Gasteiger partial charge on any atom is -0.337 e. The van der Waals surface area contributed by atoms with Gasteiger partial charge in [-0.15, -0.1) is 0 Å². The molecule has 1 aromatic rings. The van der Waals surface area contributed by atoms with Crippen molar-refractivity contribution in [2.75, 3.05) is 26.2 Å². The quantitative estimate of drug-likeness (QED) is 0.755. The van der Waals surface area contributed by atoms with Crippen LogP contribution < -0.4 is 0 Å². The van der Waals surface area contributed by atoms with Gasteiger partial charge in [-0.05, 0) is 63.0 Å². The van der Waals surface area contributed by atoms with Gasteiger partial charge in [-0.1, -0.05) is 49.6 Å². The standard InChI is InChI=1S/C24H36N2O/c27-23-12-15-24(26(23)20-22-10-5-2-6-11-22)14-7-17-25(19-16-24)18-13-21-8-3-1-4-9-21/h1,3-4,8-9,22H,2,5-7,10-20H2. The van der Waals surface area contributed by atoms with E-state index in [1.165, 1.54) is 63.5 Å². The van der Waals surface area contributed by atoms with Gasteiger partial charge in [0.1, 0.15) is 0 Å². The Labute approximate surface area is 165 Å². The fourth-order valence-corrected chi connectivity index (χ4v) is 5.71. The van der Waals surface area contributed by atoms with Crippen molar-refractivity contribution in [3.63, 3.8) is 0 Å². The monoisotopic (exact) mass is 368 g/mol. The van der Waals surface area contributed by atoms with Crippen molar-refractivity contribution >= 4 is 5.91 Å². The summed E-state index contributed by atoms with van der Waals surface area (Å²) in [6, 6.07) is 10.8. The first-order valence-electron chi connectivity index (χ1n) is 11.3. The Morgan fingerprint density at radius 3 is 2.56 bits per heavy atom. The van der Waals surface area contributed by atoms with Gasteiger partial charge in [-0.2, -0.15) is 0 Å². The van der Waals surface area contributed by atoms with Crippen LogP contribution in [-0.4, -0.2) is 47.4 Å². The molecule has 3 heteroatoms. The average Bonchev–Trinajstić information content (AvgIpc) is 2.89. The molecule has 1 saturated carbocycles. The number of carbonyl (C=O) groups excluding carboxylic acids is 1. The van der Waals surface area contributed by atoms with Crippen molar-refractivity contribution in [2.24, 2.45) is 5.92 Å². The normalized spacial score (nSPS) is 28.0. The molecule has 1 aromatic carbocycles. The molecule has 2 aliphatic heterocycles. The highest BCUT2D eigenvalue weighted by molar-refractivity contribution is 5.79. The van der Waals surface area contributed by atoms with Crippen LogP contribution in [0.5, 0.6) is 0 Å². The Morgan fingerprint density at radius 1 is 0.926 bits per heavy atom. The third-order valence-electron chi connectivity index (χ3n) is 7.41. The molecular formula is C24H36N2O. The molecule has 0 bridgehead atoms. The highest BCUT2D eigenvalue weighted by Crippen LogP contribution is 2.40. The Hall–Kier alpha value is -1.35. The van der Waals surface area contributed by atoms with Crippen molar-refractivity contribution in [1.82, 2.24) is 9.80 Å². The van der Waals surface area contributed by atoms with Gasteiger partial charge in [0.15, 0.2) is 0 Å². The molecule has 1 atom stereocenters. The van der Waals surface area contributed by atoms with Crippen LogP contribution in [0.2, 0.25) is 0 Å². The molecule has 2 saturated heterocycles. The molecule has 148 valence electrons. The summed E-state index contributed by atoms with van der Waals surface area (Å²) in [6.07, 6.45) is 13.5. The van der Waals surface area contributed by atoms with E-state index >= 15 is 0 Å². The lowest BCUT2D eigenvalue weighted by atomic mass is 9.84. The highest BCUT2D eigenvalue weighted by Gasteiger charge is 2.46. The lowest BCUT2D eigenvalue weighted by Gasteiger charge is -2.41. The lowest BCUT2D eigenvalue weighted by molar-refractivity contribution is -0.132. The molecular weight excluding hydrogens is 332 g/mol. The molecule has 3 nitrogen and oxygen atoms in total. The molecule has 1 amide bonds. The van der Waals surface area contributed by atoms with E-state index in [1.807, 2.05) is 0 Å². The molecule has 4 rings (SSSR count). The SMILES string of the molecule is O=C1CCC2(CCCN(CCc3ccccc3)CC2)N1CC1CCCCC1. The van der Waals surface area contributed by atoms with Crippen LogP contribution in [-0.2, 0) is 11.2 Å². The van der Waals surface area contributed by atoms with Gasteiger partial charge in [0.05, 0.1) is 0 Å². The second kappa shape index (κ2) is 8.77. The summed E-state index contributed by atoms with van der Waals surface area (Å²) in [5.74, 6) is 1.20. The zero-order valence-electron chi connectivity index (χ0n) is 16.9. The van der Waals surface area contributed by atoms with Crippen molar-refractivity contribution in [1.29, 1.82) is 0 Å². The predicted molar refractivity (Wildman–Crippen MR) is 111 cm³/mol. The summed E-state index contributed by atoms with van der Waals surface area (Å²) < 4.78 is 0. The first kappa shape index (κ1) is 19.0. The zero-order chi connectivity index (χ0) is 18.5. The summed E-state index contributed by atoms with van der Waals surface area (Å²) in [6.45, 7) is 4.54. The maximum atomic E-state index is 12.7. The summed E-state index contributed by atoms with van der Waals surface area (Å²) in [4.78, 5) is 17.7. The summed E-state index contributed by atoms with van der Waals surface area (Å²) >= 11 is 0. The number of rotatable bonds is 5. The fourth-order valence-electron chi connectivity index (χ4n) is 5.71. The zero-order valence-corrected chi connectivity index (χ0v) is 16.9. The Bertz CT molecular complexity index is 610. The Morgan fingerprint density at radius 2 is 1.74 bits per heavy atom. The third-order valence-corrected chi connectivity index (χ3v) is 7.41. The third kappa shape index (κ3) is 4.56. The second-order valence-corrected chi connectivity index (χ2v) is 9.16. The summed E-state index contributed by atoms with van der Waals surface area (Å²) in [7, 11) is 0. The summed E-state index contributed by atoms with van der Waals surface area (Å²) in [5.41, 5.74) is 1.61. The maximum absolute atomic E-state index is 12.7. The van der Waals surface area contributed by atoms with E-state index in [-0.39, 0.29) is 5.54 Å². The molecule has 1 aliphatic carbocycles. The van der Waals surface area contributed by atoms with Gasteiger partial charge in [-0.25, -0.2) is 0 Å².